The molecule has 28 heavy (non-hydrogen) atoms. The number of fused-ring (bicyclic) bond motifs is 1. The minimum atomic E-state index is -0.199. The molecule has 2 heterocycles. The number of nitrogens with one attached hydrogen (secondary N) is 2. The number of pyridine rings is 1. The maximum absolute atomic E-state index is 12.9. The molecule has 4 aliphatic carbocycles. The zero-order valence-corrected chi connectivity index (χ0v) is 16.1. The van der Waals surface area contributed by atoms with E-state index < -0.39 is 0 Å². The summed E-state index contributed by atoms with van der Waals surface area (Å²) in [5.74, 6) is 2.95. The lowest BCUT2D eigenvalue weighted by Crippen LogP contribution is -2.54. The van der Waals surface area contributed by atoms with E-state index in [1.165, 1.54) is 19.3 Å². The smallest absolute Gasteiger partial charge is 0.239 e. The SMILES string of the molecule is O=C(CNC(=O)C12CC3CC(CC(C3)C1)C2)NCCc1nnc2ccccn12. The van der Waals surface area contributed by atoms with E-state index in [0.717, 1.165) is 48.5 Å². The molecule has 0 saturated heterocycles. The highest BCUT2D eigenvalue weighted by Crippen LogP contribution is 2.60. The normalized spacial score (nSPS) is 30.5. The van der Waals surface area contributed by atoms with Gasteiger partial charge >= 0.3 is 0 Å². The van der Waals surface area contributed by atoms with Crippen LogP contribution in [0.2, 0.25) is 0 Å². The molecule has 2 aromatic rings. The molecule has 2 aromatic heterocycles. The lowest BCUT2D eigenvalue weighted by atomic mass is 9.49. The van der Waals surface area contributed by atoms with Gasteiger partial charge in [-0.25, -0.2) is 0 Å². The van der Waals surface area contributed by atoms with E-state index in [4.69, 9.17) is 0 Å². The molecule has 2 amide bonds. The van der Waals surface area contributed by atoms with Crippen molar-refractivity contribution in [1.29, 1.82) is 0 Å². The van der Waals surface area contributed by atoms with Crippen molar-refractivity contribution in [2.24, 2.45) is 23.2 Å². The third kappa shape index (κ3) is 3.16. The molecule has 7 heteroatoms. The predicted molar refractivity (Wildman–Crippen MR) is 103 cm³/mol. The zero-order valence-electron chi connectivity index (χ0n) is 16.1. The summed E-state index contributed by atoms with van der Waals surface area (Å²) < 4.78 is 1.92. The number of hydrogen-bond acceptors (Lipinski definition) is 4. The maximum atomic E-state index is 12.9. The Kier molecular flexibility index (Phi) is 4.33. The van der Waals surface area contributed by atoms with Crippen molar-refractivity contribution < 1.29 is 9.59 Å². The number of hydrogen-bond donors (Lipinski definition) is 2. The highest BCUT2D eigenvalue weighted by Gasteiger charge is 2.54. The first kappa shape index (κ1) is 17.6. The van der Waals surface area contributed by atoms with E-state index in [2.05, 4.69) is 20.8 Å². The molecule has 0 aromatic carbocycles. The minimum Gasteiger partial charge on any atom is -0.354 e. The van der Waals surface area contributed by atoms with Crippen LogP contribution in [-0.2, 0) is 16.0 Å². The Morgan fingerprint density at radius 2 is 1.75 bits per heavy atom. The Morgan fingerprint density at radius 1 is 1.04 bits per heavy atom. The van der Waals surface area contributed by atoms with E-state index >= 15 is 0 Å². The van der Waals surface area contributed by atoms with Gasteiger partial charge in [-0.05, 0) is 68.4 Å². The molecule has 148 valence electrons. The summed E-state index contributed by atoms with van der Waals surface area (Å²) in [6.45, 7) is 0.531. The van der Waals surface area contributed by atoms with Crippen LogP contribution in [0.1, 0.15) is 44.3 Å². The van der Waals surface area contributed by atoms with Crippen molar-refractivity contribution in [3.63, 3.8) is 0 Å². The van der Waals surface area contributed by atoms with Crippen molar-refractivity contribution in [1.82, 2.24) is 25.2 Å². The molecule has 4 fully saturated rings. The monoisotopic (exact) mass is 381 g/mol. The fourth-order valence-corrected chi connectivity index (χ4v) is 6.17. The van der Waals surface area contributed by atoms with Crippen molar-refractivity contribution in [2.75, 3.05) is 13.1 Å². The van der Waals surface area contributed by atoms with Gasteiger partial charge in [-0.2, -0.15) is 0 Å². The third-order valence-corrected chi connectivity index (χ3v) is 6.98. The van der Waals surface area contributed by atoms with E-state index in [1.807, 2.05) is 28.8 Å². The van der Waals surface area contributed by atoms with Crippen LogP contribution in [0.15, 0.2) is 24.4 Å². The van der Waals surface area contributed by atoms with Crippen molar-refractivity contribution in [2.45, 2.75) is 44.9 Å². The summed E-state index contributed by atoms with van der Waals surface area (Å²) in [6.07, 6.45) is 9.50. The Balaban J connectivity index is 1.10. The van der Waals surface area contributed by atoms with Gasteiger partial charge in [-0.1, -0.05) is 6.07 Å². The highest BCUT2D eigenvalue weighted by molar-refractivity contribution is 5.88. The largest absolute Gasteiger partial charge is 0.354 e. The van der Waals surface area contributed by atoms with Gasteiger partial charge in [-0.15, -0.1) is 10.2 Å². The number of amides is 2. The molecular formula is C21H27N5O2. The third-order valence-electron chi connectivity index (χ3n) is 6.98. The van der Waals surface area contributed by atoms with Gasteiger partial charge in [0.15, 0.2) is 5.65 Å². The van der Waals surface area contributed by atoms with Gasteiger partial charge in [-0.3, -0.25) is 14.0 Å². The molecule has 0 radical (unpaired) electrons. The first-order chi connectivity index (χ1) is 13.6. The second kappa shape index (κ2) is 6.87. The molecule has 2 N–H and O–H groups in total. The van der Waals surface area contributed by atoms with Crippen LogP contribution in [0.5, 0.6) is 0 Å². The average molecular weight is 381 g/mol. The van der Waals surface area contributed by atoms with Gasteiger partial charge < -0.3 is 10.6 Å². The van der Waals surface area contributed by atoms with Gasteiger partial charge in [0, 0.05) is 24.6 Å². The van der Waals surface area contributed by atoms with E-state index in [0.29, 0.717) is 13.0 Å². The first-order valence-corrected chi connectivity index (χ1v) is 10.4. The average Bonchev–Trinajstić information content (AvgIpc) is 3.08. The second-order valence-electron chi connectivity index (χ2n) is 9.03. The summed E-state index contributed by atoms with van der Waals surface area (Å²) >= 11 is 0. The molecular weight excluding hydrogens is 354 g/mol. The van der Waals surface area contributed by atoms with Gasteiger partial charge in [0.25, 0.3) is 0 Å². The summed E-state index contributed by atoms with van der Waals surface area (Å²) in [7, 11) is 0. The minimum absolute atomic E-state index is 0.0567. The van der Waals surface area contributed by atoms with Crippen LogP contribution in [0.4, 0.5) is 0 Å². The van der Waals surface area contributed by atoms with Crippen molar-refractivity contribution in [3.8, 4) is 0 Å². The molecule has 4 aliphatic rings. The van der Waals surface area contributed by atoms with Crippen molar-refractivity contribution >= 4 is 17.5 Å². The number of rotatable bonds is 6. The number of carbonyl (C=O) groups excluding carboxylic acids is 2. The Labute approximate surface area is 164 Å². The van der Waals surface area contributed by atoms with Crippen LogP contribution in [0.25, 0.3) is 5.65 Å². The topological polar surface area (TPSA) is 88.4 Å². The number of carbonyl (C=O) groups is 2. The Bertz CT molecular complexity index is 870. The Hall–Kier alpha value is -2.44. The molecule has 4 saturated carbocycles. The van der Waals surface area contributed by atoms with E-state index in [-0.39, 0.29) is 23.8 Å². The first-order valence-electron chi connectivity index (χ1n) is 10.4. The van der Waals surface area contributed by atoms with Crippen LogP contribution in [-0.4, -0.2) is 39.5 Å². The summed E-state index contributed by atoms with van der Waals surface area (Å²) in [5, 5.41) is 14.1. The van der Waals surface area contributed by atoms with Crippen molar-refractivity contribution in [3.05, 3.63) is 30.2 Å². The predicted octanol–water partition coefficient (Wildman–Crippen LogP) is 1.72. The van der Waals surface area contributed by atoms with Crippen LogP contribution in [0, 0.1) is 23.2 Å². The summed E-state index contributed by atoms with van der Waals surface area (Å²) in [5.41, 5.74) is 0.599. The summed E-state index contributed by atoms with van der Waals surface area (Å²) in [6, 6.07) is 5.75. The quantitative estimate of drug-likeness (QED) is 0.797. The zero-order chi connectivity index (χ0) is 19.1. The standard InChI is InChI=1S/C21H27N5O2/c27-19(22-5-4-18-25-24-17-3-1-2-6-26(17)18)13-23-20(28)21-10-14-7-15(11-21)9-16(8-14)12-21/h1-3,6,14-16H,4-5,7-13H2,(H,22,27)(H,23,28). The summed E-state index contributed by atoms with van der Waals surface area (Å²) in [4.78, 5) is 25.1. The van der Waals surface area contributed by atoms with Gasteiger partial charge in [0.05, 0.1) is 6.54 Å². The Morgan fingerprint density at radius 3 is 2.46 bits per heavy atom. The highest BCUT2D eigenvalue weighted by atomic mass is 16.2. The fraction of sp³-hybridized carbons (Fsp3) is 0.619. The second-order valence-corrected chi connectivity index (χ2v) is 9.03. The molecule has 0 unspecified atom stereocenters. The number of nitrogens with zero attached hydrogens (tertiary/aromatic N) is 3. The van der Waals surface area contributed by atoms with Crippen LogP contribution >= 0.6 is 0 Å². The van der Waals surface area contributed by atoms with E-state index in [1.54, 1.807) is 0 Å². The lowest BCUT2D eigenvalue weighted by molar-refractivity contribution is -0.147. The molecule has 4 bridgehead atoms. The lowest BCUT2D eigenvalue weighted by Gasteiger charge is -2.55. The molecule has 0 spiro atoms. The molecule has 0 atom stereocenters. The van der Waals surface area contributed by atoms with E-state index in [9.17, 15) is 9.59 Å². The van der Waals surface area contributed by atoms with Crippen LogP contribution in [0.3, 0.4) is 0 Å². The van der Waals surface area contributed by atoms with Gasteiger partial charge in [0.2, 0.25) is 11.8 Å². The molecule has 0 aliphatic heterocycles. The maximum Gasteiger partial charge on any atom is 0.239 e. The van der Waals surface area contributed by atoms with Gasteiger partial charge in [0.1, 0.15) is 5.82 Å². The molecule has 6 rings (SSSR count). The number of aromatic nitrogens is 3. The van der Waals surface area contributed by atoms with Crippen LogP contribution < -0.4 is 10.6 Å². The molecule has 7 nitrogen and oxygen atoms in total. The fourth-order valence-electron chi connectivity index (χ4n) is 6.17.